The fourth-order valence-corrected chi connectivity index (χ4v) is 2.83. The van der Waals surface area contributed by atoms with Crippen molar-refractivity contribution >= 4 is 5.69 Å². The maximum Gasteiger partial charge on any atom is 0.0470 e. The average Bonchev–Trinajstić information content (AvgIpc) is 2.42. The van der Waals surface area contributed by atoms with E-state index in [1.165, 1.54) is 37.2 Å². The summed E-state index contributed by atoms with van der Waals surface area (Å²) in [5, 5.41) is 0. The molecule has 0 amide bonds. The fraction of sp³-hybridized carbons (Fsp3) is 0.625. The van der Waals surface area contributed by atoms with Crippen LogP contribution in [0, 0.1) is 5.92 Å². The Morgan fingerprint density at radius 2 is 1.79 bits per heavy atom. The summed E-state index contributed by atoms with van der Waals surface area (Å²) >= 11 is 0. The lowest BCUT2D eigenvalue weighted by Crippen LogP contribution is -2.39. The zero-order valence-electron chi connectivity index (χ0n) is 12.5. The number of nitrogens with zero attached hydrogens (tertiary/aromatic N) is 2. The van der Waals surface area contributed by atoms with Crippen molar-refractivity contribution in [3.05, 3.63) is 29.8 Å². The van der Waals surface area contributed by atoms with Crippen molar-refractivity contribution in [3.8, 4) is 0 Å². The summed E-state index contributed by atoms with van der Waals surface area (Å²) in [4.78, 5) is 4.68. The van der Waals surface area contributed by atoms with Crippen molar-refractivity contribution in [1.29, 1.82) is 0 Å². The SMILES string of the molecule is CC1CCN(C(CN)c2ccc(N(C)C)cc2)CC1. The largest absolute Gasteiger partial charge is 0.378 e. The molecule has 0 radical (unpaired) electrons. The van der Waals surface area contributed by atoms with Crippen molar-refractivity contribution in [1.82, 2.24) is 4.90 Å². The van der Waals surface area contributed by atoms with Crippen LogP contribution in [0.4, 0.5) is 5.69 Å². The molecule has 1 fully saturated rings. The molecule has 0 aliphatic carbocycles. The number of hydrogen-bond donors (Lipinski definition) is 1. The summed E-state index contributed by atoms with van der Waals surface area (Å²) in [6, 6.07) is 9.20. The molecule has 0 aromatic heterocycles. The summed E-state index contributed by atoms with van der Waals surface area (Å²) < 4.78 is 0. The highest BCUT2D eigenvalue weighted by Crippen LogP contribution is 2.27. The number of likely N-dealkylation sites (tertiary alicyclic amines) is 1. The Labute approximate surface area is 117 Å². The zero-order chi connectivity index (χ0) is 13.8. The third-order valence-corrected chi connectivity index (χ3v) is 4.28. The predicted molar refractivity (Wildman–Crippen MR) is 82.5 cm³/mol. The smallest absolute Gasteiger partial charge is 0.0470 e. The average molecular weight is 261 g/mol. The fourth-order valence-electron chi connectivity index (χ4n) is 2.83. The molecule has 2 N–H and O–H groups in total. The van der Waals surface area contributed by atoms with Gasteiger partial charge in [0.05, 0.1) is 0 Å². The summed E-state index contributed by atoms with van der Waals surface area (Å²) in [5.74, 6) is 0.866. The van der Waals surface area contributed by atoms with Crippen LogP contribution in [0.1, 0.15) is 31.4 Å². The molecule has 1 aliphatic heterocycles. The minimum atomic E-state index is 0.378. The number of nitrogens with two attached hydrogens (primary N) is 1. The molecular weight excluding hydrogens is 234 g/mol. The highest BCUT2D eigenvalue weighted by molar-refractivity contribution is 5.46. The highest BCUT2D eigenvalue weighted by Gasteiger charge is 2.23. The van der Waals surface area contributed by atoms with Gasteiger partial charge in [0, 0.05) is 32.4 Å². The topological polar surface area (TPSA) is 32.5 Å². The molecule has 0 saturated carbocycles. The second-order valence-corrected chi connectivity index (χ2v) is 5.96. The molecule has 1 aromatic carbocycles. The van der Waals surface area contributed by atoms with Crippen LogP contribution < -0.4 is 10.6 Å². The van der Waals surface area contributed by atoms with Crippen LogP contribution >= 0.6 is 0 Å². The molecule has 1 atom stereocenters. The van der Waals surface area contributed by atoms with Gasteiger partial charge in [0.2, 0.25) is 0 Å². The Bertz CT molecular complexity index is 377. The van der Waals surface area contributed by atoms with E-state index in [9.17, 15) is 0 Å². The van der Waals surface area contributed by atoms with E-state index < -0.39 is 0 Å². The van der Waals surface area contributed by atoms with Gasteiger partial charge in [-0.15, -0.1) is 0 Å². The Morgan fingerprint density at radius 1 is 1.21 bits per heavy atom. The van der Waals surface area contributed by atoms with Gasteiger partial charge >= 0.3 is 0 Å². The van der Waals surface area contributed by atoms with Crippen LogP contribution in [0.2, 0.25) is 0 Å². The molecule has 0 bridgehead atoms. The van der Waals surface area contributed by atoms with Gasteiger partial charge < -0.3 is 10.6 Å². The van der Waals surface area contributed by atoms with Gasteiger partial charge in [0.25, 0.3) is 0 Å². The molecular formula is C16H27N3. The minimum Gasteiger partial charge on any atom is -0.378 e. The van der Waals surface area contributed by atoms with E-state index in [-0.39, 0.29) is 0 Å². The van der Waals surface area contributed by atoms with E-state index in [0.717, 1.165) is 5.92 Å². The molecule has 0 spiro atoms. The molecule has 106 valence electrons. The first-order valence-electron chi connectivity index (χ1n) is 7.33. The maximum atomic E-state index is 6.02. The van der Waals surface area contributed by atoms with Crippen LogP contribution in [0.25, 0.3) is 0 Å². The van der Waals surface area contributed by atoms with Gasteiger partial charge in [0.15, 0.2) is 0 Å². The Hall–Kier alpha value is -1.06. The van der Waals surface area contributed by atoms with Crippen LogP contribution in [0.5, 0.6) is 0 Å². The van der Waals surface area contributed by atoms with Gasteiger partial charge in [-0.1, -0.05) is 19.1 Å². The normalized spacial score (nSPS) is 19.4. The van der Waals surface area contributed by atoms with Crippen molar-refractivity contribution < 1.29 is 0 Å². The van der Waals surface area contributed by atoms with E-state index in [1.807, 2.05) is 0 Å². The lowest BCUT2D eigenvalue weighted by Gasteiger charge is -2.36. The van der Waals surface area contributed by atoms with Crippen LogP contribution in [0.15, 0.2) is 24.3 Å². The van der Waals surface area contributed by atoms with Gasteiger partial charge in [-0.05, 0) is 49.5 Å². The summed E-state index contributed by atoms with van der Waals surface area (Å²) in [7, 11) is 4.14. The number of benzene rings is 1. The highest BCUT2D eigenvalue weighted by atomic mass is 15.2. The van der Waals surface area contributed by atoms with E-state index in [2.05, 4.69) is 55.1 Å². The van der Waals surface area contributed by atoms with E-state index >= 15 is 0 Å². The summed E-state index contributed by atoms with van der Waals surface area (Å²) in [6.45, 7) is 5.41. The van der Waals surface area contributed by atoms with E-state index in [0.29, 0.717) is 12.6 Å². The quantitative estimate of drug-likeness (QED) is 0.904. The first-order valence-corrected chi connectivity index (χ1v) is 7.33. The monoisotopic (exact) mass is 261 g/mol. The third-order valence-electron chi connectivity index (χ3n) is 4.28. The molecule has 1 saturated heterocycles. The lowest BCUT2D eigenvalue weighted by molar-refractivity contribution is 0.141. The number of anilines is 1. The van der Waals surface area contributed by atoms with Crippen molar-refractivity contribution in [3.63, 3.8) is 0 Å². The Kier molecular flexibility index (Phi) is 4.83. The van der Waals surface area contributed by atoms with Crippen LogP contribution in [-0.2, 0) is 0 Å². The Morgan fingerprint density at radius 3 is 2.26 bits per heavy atom. The molecule has 3 nitrogen and oxygen atoms in total. The Balaban J connectivity index is 2.08. The van der Waals surface area contributed by atoms with E-state index in [4.69, 9.17) is 5.73 Å². The molecule has 1 heterocycles. The number of piperidine rings is 1. The molecule has 3 heteroatoms. The second-order valence-electron chi connectivity index (χ2n) is 5.96. The van der Waals surface area contributed by atoms with Crippen molar-refractivity contribution in [2.75, 3.05) is 38.6 Å². The number of rotatable bonds is 4. The van der Waals surface area contributed by atoms with Crippen LogP contribution in [0.3, 0.4) is 0 Å². The second kappa shape index (κ2) is 6.40. The standard InChI is InChI=1S/C16H27N3/c1-13-8-10-19(11-9-13)16(12-17)14-4-6-15(7-5-14)18(2)3/h4-7,13,16H,8-12,17H2,1-3H3. The molecule has 19 heavy (non-hydrogen) atoms. The number of hydrogen-bond acceptors (Lipinski definition) is 3. The molecule has 1 unspecified atom stereocenters. The van der Waals surface area contributed by atoms with Gasteiger partial charge in [0.1, 0.15) is 0 Å². The zero-order valence-corrected chi connectivity index (χ0v) is 12.5. The lowest BCUT2D eigenvalue weighted by atomic mass is 9.95. The summed E-state index contributed by atoms with van der Waals surface area (Å²) in [6.07, 6.45) is 2.60. The van der Waals surface area contributed by atoms with Crippen LogP contribution in [-0.4, -0.2) is 38.6 Å². The first kappa shape index (κ1) is 14.4. The van der Waals surface area contributed by atoms with Gasteiger partial charge in [-0.25, -0.2) is 0 Å². The van der Waals surface area contributed by atoms with E-state index in [1.54, 1.807) is 0 Å². The van der Waals surface area contributed by atoms with Crippen molar-refractivity contribution in [2.24, 2.45) is 11.7 Å². The third kappa shape index (κ3) is 3.48. The predicted octanol–water partition coefficient (Wildman–Crippen LogP) is 2.48. The minimum absolute atomic E-state index is 0.378. The maximum absolute atomic E-state index is 6.02. The summed E-state index contributed by atoms with van der Waals surface area (Å²) in [5.41, 5.74) is 8.61. The van der Waals surface area contributed by atoms with Gasteiger partial charge in [-0.2, -0.15) is 0 Å². The van der Waals surface area contributed by atoms with Crippen molar-refractivity contribution in [2.45, 2.75) is 25.8 Å². The molecule has 1 aliphatic rings. The molecule has 2 rings (SSSR count). The van der Waals surface area contributed by atoms with Gasteiger partial charge in [-0.3, -0.25) is 4.90 Å². The first-order chi connectivity index (χ1) is 9.11. The molecule has 1 aromatic rings.